The Morgan fingerprint density at radius 1 is 1.21 bits per heavy atom. The topological polar surface area (TPSA) is 26.3 Å². The lowest BCUT2D eigenvalue weighted by Crippen LogP contribution is -1.98. The Balaban J connectivity index is 2.09. The Morgan fingerprint density at radius 3 is 2.58 bits per heavy atom. The highest BCUT2D eigenvalue weighted by Gasteiger charge is 2.07. The summed E-state index contributed by atoms with van der Waals surface area (Å²) in [7, 11) is 0. The fourth-order valence-electron chi connectivity index (χ4n) is 1.62. The van der Waals surface area contributed by atoms with Crippen LogP contribution in [0.25, 0.3) is 0 Å². The molecule has 0 spiro atoms. The molecule has 0 radical (unpaired) electrons. The van der Waals surface area contributed by atoms with Crippen LogP contribution in [-0.2, 0) is 6.61 Å². The van der Waals surface area contributed by atoms with E-state index in [9.17, 15) is 4.79 Å². The van der Waals surface area contributed by atoms with Crippen molar-refractivity contribution in [2.75, 3.05) is 0 Å². The highest BCUT2D eigenvalue weighted by atomic mass is 35.5. The first kappa shape index (κ1) is 13.4. The molecule has 0 aromatic heterocycles. The predicted octanol–water partition coefficient (Wildman–Crippen LogP) is 4.29. The lowest BCUT2D eigenvalue weighted by atomic mass is 10.1. The molecule has 0 aliphatic rings. The minimum absolute atomic E-state index is 0.156. The summed E-state index contributed by atoms with van der Waals surface area (Å²) in [6.07, 6.45) is 1.26. The van der Waals surface area contributed by atoms with Crippen molar-refractivity contribution >= 4 is 17.4 Å². The predicted molar refractivity (Wildman–Crippen MR) is 76.8 cm³/mol. The molecule has 0 saturated carbocycles. The van der Waals surface area contributed by atoms with Gasteiger partial charge in [-0.15, -0.1) is 0 Å². The van der Waals surface area contributed by atoms with Crippen LogP contribution < -0.4 is 4.74 Å². The third-order valence-electron chi connectivity index (χ3n) is 2.64. The second-order valence-corrected chi connectivity index (χ2v) is 4.40. The average Bonchev–Trinajstić information content (AvgIpc) is 2.46. The van der Waals surface area contributed by atoms with E-state index in [0.29, 0.717) is 22.9 Å². The van der Waals surface area contributed by atoms with Crippen LogP contribution in [0.3, 0.4) is 0 Å². The van der Waals surface area contributed by atoms with Gasteiger partial charge in [-0.3, -0.25) is 4.79 Å². The van der Waals surface area contributed by atoms with Gasteiger partial charge in [-0.25, -0.2) is 0 Å². The Hall–Kier alpha value is -2.06. The van der Waals surface area contributed by atoms with E-state index in [4.69, 9.17) is 16.3 Å². The molecule has 0 saturated heterocycles. The quantitative estimate of drug-likeness (QED) is 0.600. The maximum absolute atomic E-state index is 11.4. The van der Waals surface area contributed by atoms with Crippen LogP contribution in [0.2, 0.25) is 5.02 Å². The second kappa shape index (κ2) is 6.21. The highest BCUT2D eigenvalue weighted by Crippen LogP contribution is 2.26. The summed E-state index contributed by atoms with van der Waals surface area (Å²) >= 11 is 6.09. The third-order valence-corrected chi connectivity index (χ3v) is 2.93. The van der Waals surface area contributed by atoms with Crippen molar-refractivity contribution < 1.29 is 9.53 Å². The monoisotopic (exact) mass is 272 g/mol. The maximum atomic E-state index is 11.4. The molecule has 0 bridgehead atoms. The molecule has 0 amide bonds. The summed E-state index contributed by atoms with van der Waals surface area (Å²) < 4.78 is 5.62. The van der Waals surface area contributed by atoms with Gasteiger partial charge >= 0.3 is 0 Å². The molecule has 0 heterocycles. The zero-order valence-corrected chi connectivity index (χ0v) is 11.1. The van der Waals surface area contributed by atoms with Crippen molar-refractivity contribution in [1.82, 2.24) is 0 Å². The number of ketones is 1. The van der Waals surface area contributed by atoms with E-state index < -0.39 is 0 Å². The SMILES string of the molecule is C=CC(=O)c1ccc(OCc2ccccc2)c(Cl)c1. The van der Waals surface area contributed by atoms with E-state index in [1.54, 1.807) is 18.2 Å². The van der Waals surface area contributed by atoms with Crippen LogP contribution in [-0.4, -0.2) is 5.78 Å². The van der Waals surface area contributed by atoms with Crippen molar-refractivity contribution in [3.8, 4) is 5.75 Å². The fraction of sp³-hybridized carbons (Fsp3) is 0.0625. The Kier molecular flexibility index (Phi) is 4.37. The summed E-state index contributed by atoms with van der Waals surface area (Å²) in [5.74, 6) is 0.405. The van der Waals surface area contributed by atoms with Crippen LogP contribution >= 0.6 is 11.6 Å². The van der Waals surface area contributed by atoms with E-state index in [0.717, 1.165) is 5.56 Å². The molecule has 3 heteroatoms. The summed E-state index contributed by atoms with van der Waals surface area (Å²) in [6, 6.07) is 14.8. The first-order chi connectivity index (χ1) is 9.20. The van der Waals surface area contributed by atoms with Crippen molar-refractivity contribution in [3.63, 3.8) is 0 Å². The number of carbonyl (C=O) groups is 1. The van der Waals surface area contributed by atoms with Crippen molar-refractivity contribution in [3.05, 3.63) is 77.3 Å². The van der Waals surface area contributed by atoms with Crippen LogP contribution in [0.5, 0.6) is 5.75 Å². The van der Waals surface area contributed by atoms with Crippen LogP contribution in [0, 0.1) is 0 Å². The summed E-state index contributed by atoms with van der Waals surface area (Å²) in [4.78, 5) is 11.4. The number of carbonyl (C=O) groups excluding carboxylic acids is 1. The summed E-state index contributed by atoms with van der Waals surface area (Å²) in [5.41, 5.74) is 1.57. The van der Waals surface area contributed by atoms with Gasteiger partial charge in [0.15, 0.2) is 5.78 Å². The number of hydrogen-bond donors (Lipinski definition) is 0. The maximum Gasteiger partial charge on any atom is 0.185 e. The number of hydrogen-bond acceptors (Lipinski definition) is 2. The van der Waals surface area contributed by atoms with Gasteiger partial charge in [-0.2, -0.15) is 0 Å². The van der Waals surface area contributed by atoms with Crippen molar-refractivity contribution in [1.29, 1.82) is 0 Å². The number of allylic oxidation sites excluding steroid dienone is 1. The van der Waals surface area contributed by atoms with Gasteiger partial charge in [0.1, 0.15) is 12.4 Å². The van der Waals surface area contributed by atoms with Crippen molar-refractivity contribution in [2.45, 2.75) is 6.61 Å². The standard InChI is InChI=1S/C16H13ClO2/c1-2-15(18)13-8-9-16(14(17)10-13)19-11-12-6-4-3-5-7-12/h2-10H,1,11H2. The third kappa shape index (κ3) is 3.46. The van der Waals surface area contributed by atoms with Gasteiger partial charge in [0.2, 0.25) is 0 Å². The van der Waals surface area contributed by atoms with Gasteiger partial charge in [0.05, 0.1) is 5.02 Å². The first-order valence-corrected chi connectivity index (χ1v) is 6.21. The van der Waals surface area contributed by atoms with E-state index in [1.807, 2.05) is 30.3 Å². The molecule has 0 atom stereocenters. The lowest BCUT2D eigenvalue weighted by molar-refractivity contribution is 0.104. The molecule has 0 fully saturated rings. The Bertz CT molecular complexity index is 591. The molecule has 0 N–H and O–H groups in total. The molecule has 2 nitrogen and oxygen atoms in total. The number of benzene rings is 2. The summed E-state index contributed by atoms with van der Waals surface area (Å²) in [5, 5.41) is 0.420. The van der Waals surface area contributed by atoms with Gasteiger partial charge in [0, 0.05) is 5.56 Å². The van der Waals surface area contributed by atoms with E-state index >= 15 is 0 Å². The molecule has 2 aromatic rings. The number of halogens is 1. The molecule has 96 valence electrons. The molecular weight excluding hydrogens is 260 g/mol. The highest BCUT2D eigenvalue weighted by molar-refractivity contribution is 6.32. The molecule has 0 aliphatic heterocycles. The largest absolute Gasteiger partial charge is 0.487 e. The molecule has 19 heavy (non-hydrogen) atoms. The lowest BCUT2D eigenvalue weighted by Gasteiger charge is -2.08. The Labute approximate surface area is 117 Å². The minimum atomic E-state index is -0.156. The van der Waals surface area contributed by atoms with Crippen LogP contribution in [0.15, 0.2) is 61.2 Å². The van der Waals surface area contributed by atoms with Gasteiger partial charge < -0.3 is 4.74 Å². The van der Waals surface area contributed by atoms with E-state index in [1.165, 1.54) is 6.08 Å². The molecular formula is C16H13ClO2. The molecule has 0 aliphatic carbocycles. The summed E-state index contributed by atoms with van der Waals surface area (Å²) in [6.45, 7) is 3.88. The number of ether oxygens (including phenoxy) is 1. The van der Waals surface area contributed by atoms with Crippen LogP contribution in [0.1, 0.15) is 15.9 Å². The number of rotatable bonds is 5. The van der Waals surface area contributed by atoms with Crippen LogP contribution in [0.4, 0.5) is 0 Å². The normalized spacial score (nSPS) is 9.95. The van der Waals surface area contributed by atoms with Gasteiger partial charge in [-0.05, 0) is 29.8 Å². The van der Waals surface area contributed by atoms with E-state index in [-0.39, 0.29) is 5.78 Å². The zero-order chi connectivity index (χ0) is 13.7. The molecule has 2 aromatic carbocycles. The molecule has 2 rings (SSSR count). The average molecular weight is 273 g/mol. The first-order valence-electron chi connectivity index (χ1n) is 5.84. The smallest absolute Gasteiger partial charge is 0.185 e. The van der Waals surface area contributed by atoms with Gasteiger partial charge in [0.25, 0.3) is 0 Å². The minimum Gasteiger partial charge on any atom is -0.487 e. The van der Waals surface area contributed by atoms with Gasteiger partial charge in [-0.1, -0.05) is 48.5 Å². The second-order valence-electron chi connectivity index (χ2n) is 3.99. The van der Waals surface area contributed by atoms with E-state index in [2.05, 4.69) is 6.58 Å². The molecule has 0 unspecified atom stereocenters. The fourth-order valence-corrected chi connectivity index (χ4v) is 1.86. The van der Waals surface area contributed by atoms with Crippen molar-refractivity contribution in [2.24, 2.45) is 0 Å². The Morgan fingerprint density at radius 2 is 1.95 bits per heavy atom. The zero-order valence-electron chi connectivity index (χ0n) is 10.3.